The van der Waals surface area contributed by atoms with E-state index in [1.807, 2.05) is 48.5 Å². The predicted molar refractivity (Wildman–Crippen MR) is 165 cm³/mol. The number of allylic oxidation sites excluding steroid dienone is 6. The normalized spacial score (nSPS) is 24.4. The van der Waals surface area contributed by atoms with Gasteiger partial charge in [0.2, 0.25) is 11.8 Å². The quantitative estimate of drug-likeness (QED) is 0.221. The zero-order chi connectivity index (χ0) is 30.7. The van der Waals surface area contributed by atoms with E-state index in [1.165, 1.54) is 18.1 Å². The topological polar surface area (TPSA) is 113 Å². The molecule has 3 aliphatic carbocycles. The number of amides is 2. The van der Waals surface area contributed by atoms with Crippen LogP contribution >= 0.6 is 0 Å². The fraction of sp³-hybridized carbons (Fsp3) is 0.222. The van der Waals surface area contributed by atoms with E-state index >= 15 is 0 Å². The summed E-state index contributed by atoms with van der Waals surface area (Å²) in [5.74, 6) is -3.55. The van der Waals surface area contributed by atoms with Crippen LogP contribution in [0.4, 0.5) is 17.1 Å². The van der Waals surface area contributed by atoms with E-state index < -0.39 is 23.7 Å². The van der Waals surface area contributed by atoms with E-state index in [0.29, 0.717) is 34.4 Å². The SMILES string of the molecule is COc1cccc(C2C3=CCC4C(=O)N(c5ccc(Nc6ccccc6)cc5)C(=O)C4C3CC3=C2C(=O)C(C)=CC3=O)c1O. The van der Waals surface area contributed by atoms with Gasteiger partial charge in [-0.2, -0.15) is 0 Å². The van der Waals surface area contributed by atoms with Gasteiger partial charge in [0.1, 0.15) is 0 Å². The second-order valence-electron chi connectivity index (χ2n) is 11.7. The molecular formula is C36H30N2O6. The van der Waals surface area contributed by atoms with Gasteiger partial charge in [0.25, 0.3) is 0 Å². The number of para-hydroxylation sites is 2. The van der Waals surface area contributed by atoms with Crippen LogP contribution < -0.4 is 15.0 Å². The molecule has 0 aromatic heterocycles. The van der Waals surface area contributed by atoms with Crippen LogP contribution in [-0.4, -0.2) is 35.6 Å². The molecule has 0 radical (unpaired) electrons. The lowest BCUT2D eigenvalue weighted by Crippen LogP contribution is -2.39. The van der Waals surface area contributed by atoms with E-state index in [0.717, 1.165) is 16.9 Å². The summed E-state index contributed by atoms with van der Waals surface area (Å²) in [4.78, 5) is 56.2. The molecule has 8 heteroatoms. The Kier molecular flexibility index (Phi) is 6.57. The second-order valence-corrected chi connectivity index (χ2v) is 11.7. The first-order valence-corrected chi connectivity index (χ1v) is 14.6. The lowest BCUT2D eigenvalue weighted by molar-refractivity contribution is -0.123. The molecule has 3 aromatic carbocycles. The molecule has 1 fully saturated rings. The Morgan fingerprint density at radius 2 is 1.59 bits per heavy atom. The number of benzene rings is 3. The number of fused-ring (bicyclic) bond motifs is 3. The van der Waals surface area contributed by atoms with Crippen LogP contribution in [0.3, 0.4) is 0 Å². The molecule has 1 saturated heterocycles. The van der Waals surface area contributed by atoms with Gasteiger partial charge < -0.3 is 15.2 Å². The van der Waals surface area contributed by atoms with Gasteiger partial charge in [-0.3, -0.25) is 24.1 Å². The maximum Gasteiger partial charge on any atom is 0.238 e. The molecule has 4 unspecified atom stereocenters. The van der Waals surface area contributed by atoms with Crippen LogP contribution in [0.1, 0.15) is 31.2 Å². The number of hydrogen-bond acceptors (Lipinski definition) is 7. The van der Waals surface area contributed by atoms with Crippen molar-refractivity contribution in [3.05, 3.63) is 113 Å². The summed E-state index contributed by atoms with van der Waals surface area (Å²) in [5.41, 5.74) is 4.41. The van der Waals surface area contributed by atoms with Crippen molar-refractivity contribution in [3.8, 4) is 11.5 Å². The summed E-state index contributed by atoms with van der Waals surface area (Å²) < 4.78 is 5.36. The van der Waals surface area contributed by atoms with Crippen molar-refractivity contribution in [1.29, 1.82) is 0 Å². The van der Waals surface area contributed by atoms with E-state index in [1.54, 1.807) is 37.3 Å². The van der Waals surface area contributed by atoms with E-state index in [9.17, 15) is 24.3 Å². The molecule has 7 rings (SSSR count). The van der Waals surface area contributed by atoms with Crippen LogP contribution in [0.25, 0.3) is 0 Å². The summed E-state index contributed by atoms with van der Waals surface area (Å²) in [5, 5.41) is 14.5. The van der Waals surface area contributed by atoms with Gasteiger partial charge in [-0.1, -0.05) is 42.0 Å². The maximum absolute atomic E-state index is 14.2. The number of ether oxygens (including phenoxy) is 1. The minimum atomic E-state index is -0.750. The molecule has 4 atom stereocenters. The number of carbonyl (C=O) groups is 4. The molecule has 2 amide bonds. The number of hydrogen-bond donors (Lipinski definition) is 2. The number of rotatable bonds is 5. The molecule has 1 heterocycles. The first-order chi connectivity index (χ1) is 21.3. The Balaban J connectivity index is 1.27. The number of phenolic OH excluding ortho intramolecular Hbond substituents is 1. The Morgan fingerprint density at radius 1 is 0.864 bits per heavy atom. The number of nitrogens with zero attached hydrogens (tertiary/aromatic N) is 1. The number of Topliss-reactive ketones (excluding diaryl/α,β-unsaturated/α-hetero) is 1. The van der Waals surface area contributed by atoms with Crippen LogP contribution in [0.5, 0.6) is 11.5 Å². The number of methoxy groups -OCH3 is 1. The number of phenols is 1. The molecule has 1 aliphatic heterocycles. The third kappa shape index (κ3) is 4.20. The number of aromatic hydroxyl groups is 1. The van der Waals surface area contributed by atoms with E-state index in [-0.39, 0.29) is 41.3 Å². The third-order valence-corrected chi connectivity index (χ3v) is 9.31. The highest BCUT2D eigenvalue weighted by molar-refractivity contribution is 6.25. The van der Waals surface area contributed by atoms with Gasteiger partial charge in [0.15, 0.2) is 23.1 Å². The minimum Gasteiger partial charge on any atom is -0.504 e. The molecule has 44 heavy (non-hydrogen) atoms. The highest BCUT2D eigenvalue weighted by atomic mass is 16.5. The first kappa shape index (κ1) is 27.6. The molecule has 4 aliphatic rings. The maximum atomic E-state index is 14.2. The van der Waals surface area contributed by atoms with Gasteiger partial charge in [-0.25, -0.2) is 0 Å². The highest BCUT2D eigenvalue weighted by Crippen LogP contribution is 2.57. The molecule has 2 N–H and O–H groups in total. The number of ketones is 2. The van der Waals surface area contributed by atoms with Gasteiger partial charge >= 0.3 is 0 Å². The van der Waals surface area contributed by atoms with E-state index in [4.69, 9.17) is 4.74 Å². The number of nitrogens with one attached hydrogen (secondary N) is 1. The van der Waals surface area contributed by atoms with Crippen molar-refractivity contribution in [3.63, 3.8) is 0 Å². The van der Waals surface area contributed by atoms with Crippen molar-refractivity contribution < 1.29 is 29.0 Å². The summed E-state index contributed by atoms with van der Waals surface area (Å²) in [6, 6.07) is 21.9. The molecule has 3 aromatic rings. The van der Waals surface area contributed by atoms with Crippen LogP contribution in [0.2, 0.25) is 0 Å². The smallest absolute Gasteiger partial charge is 0.238 e. The van der Waals surface area contributed by atoms with Crippen molar-refractivity contribution >= 4 is 40.4 Å². The first-order valence-electron chi connectivity index (χ1n) is 14.6. The summed E-state index contributed by atoms with van der Waals surface area (Å²) in [7, 11) is 1.45. The van der Waals surface area contributed by atoms with Crippen molar-refractivity contribution in [2.75, 3.05) is 17.3 Å². The van der Waals surface area contributed by atoms with Crippen LogP contribution in [0.15, 0.2) is 107 Å². The molecule has 0 saturated carbocycles. The Bertz CT molecular complexity index is 1840. The Labute approximate surface area is 254 Å². The molecule has 0 bridgehead atoms. The predicted octanol–water partition coefficient (Wildman–Crippen LogP) is 5.78. The highest BCUT2D eigenvalue weighted by Gasteiger charge is 2.56. The molecule has 0 spiro atoms. The van der Waals surface area contributed by atoms with Gasteiger partial charge in [0, 0.05) is 39.6 Å². The fourth-order valence-electron chi connectivity index (χ4n) is 7.29. The molecule has 8 nitrogen and oxygen atoms in total. The zero-order valence-corrected chi connectivity index (χ0v) is 24.2. The van der Waals surface area contributed by atoms with Gasteiger partial charge in [-0.15, -0.1) is 0 Å². The second kappa shape index (κ2) is 10.5. The van der Waals surface area contributed by atoms with Gasteiger partial charge in [-0.05, 0) is 74.2 Å². The molecule has 220 valence electrons. The summed E-state index contributed by atoms with van der Waals surface area (Å²) in [6.07, 6.45) is 3.76. The van der Waals surface area contributed by atoms with Gasteiger partial charge in [0.05, 0.1) is 24.6 Å². The standard InChI is InChI=1S/C36H30N2O6/c1-19-17-28(39)27-18-26-23(30(32(27)33(19)40)24-9-6-10-29(44-2)34(24)41)15-16-25-31(26)36(43)38(35(25)42)22-13-11-21(12-14-22)37-20-7-4-3-5-8-20/h3-15,17,25-26,30-31,37,41H,16,18H2,1-2H3. The largest absolute Gasteiger partial charge is 0.504 e. The average molecular weight is 587 g/mol. The Hall–Kier alpha value is -5.24. The van der Waals surface area contributed by atoms with Crippen LogP contribution in [-0.2, 0) is 19.2 Å². The minimum absolute atomic E-state index is 0.123. The number of anilines is 3. The van der Waals surface area contributed by atoms with Crippen molar-refractivity contribution in [2.45, 2.75) is 25.7 Å². The van der Waals surface area contributed by atoms with Crippen molar-refractivity contribution in [1.82, 2.24) is 0 Å². The monoisotopic (exact) mass is 586 g/mol. The molecular weight excluding hydrogens is 556 g/mol. The third-order valence-electron chi connectivity index (χ3n) is 9.31. The fourth-order valence-corrected chi connectivity index (χ4v) is 7.29. The summed E-state index contributed by atoms with van der Waals surface area (Å²) in [6.45, 7) is 1.61. The Morgan fingerprint density at radius 3 is 2.32 bits per heavy atom. The number of imide groups is 1. The van der Waals surface area contributed by atoms with Crippen molar-refractivity contribution in [2.24, 2.45) is 17.8 Å². The van der Waals surface area contributed by atoms with E-state index in [2.05, 4.69) is 5.32 Å². The van der Waals surface area contributed by atoms with Crippen LogP contribution in [0, 0.1) is 17.8 Å². The zero-order valence-electron chi connectivity index (χ0n) is 24.2. The average Bonchev–Trinajstić information content (AvgIpc) is 3.29. The summed E-state index contributed by atoms with van der Waals surface area (Å²) >= 11 is 0. The lowest BCUT2D eigenvalue weighted by atomic mass is 9.59. The lowest BCUT2D eigenvalue weighted by Gasteiger charge is -2.42. The number of carbonyl (C=O) groups excluding carboxylic acids is 4.